The van der Waals surface area contributed by atoms with Crippen molar-refractivity contribution in [1.82, 2.24) is 9.80 Å². The van der Waals surface area contributed by atoms with Crippen LogP contribution in [-0.2, 0) is 6.42 Å². The highest BCUT2D eigenvalue weighted by Gasteiger charge is 2.19. The van der Waals surface area contributed by atoms with Crippen molar-refractivity contribution in [2.45, 2.75) is 51.4 Å². The summed E-state index contributed by atoms with van der Waals surface area (Å²) in [6.45, 7) is 6.80. The molecule has 0 aromatic heterocycles. The Labute approximate surface area is 159 Å². The SMILES string of the molecule is NC(=NCCCCN1CCC(Cc2ccccc2)CC1)N1CCCCC1. The van der Waals surface area contributed by atoms with Crippen LogP contribution in [-0.4, -0.2) is 55.0 Å². The van der Waals surface area contributed by atoms with Gasteiger partial charge in [0.1, 0.15) is 0 Å². The van der Waals surface area contributed by atoms with Crippen LogP contribution in [0.4, 0.5) is 0 Å². The van der Waals surface area contributed by atoms with E-state index < -0.39 is 0 Å². The fraction of sp³-hybridized carbons (Fsp3) is 0.682. The van der Waals surface area contributed by atoms with E-state index in [1.54, 1.807) is 0 Å². The predicted molar refractivity (Wildman–Crippen MR) is 110 cm³/mol. The average Bonchev–Trinajstić information content (AvgIpc) is 2.70. The molecule has 2 saturated heterocycles. The van der Waals surface area contributed by atoms with Gasteiger partial charge in [0.25, 0.3) is 0 Å². The largest absolute Gasteiger partial charge is 0.370 e. The number of likely N-dealkylation sites (tertiary alicyclic amines) is 2. The summed E-state index contributed by atoms with van der Waals surface area (Å²) in [4.78, 5) is 9.48. The Bertz CT molecular complexity index is 528. The van der Waals surface area contributed by atoms with Gasteiger partial charge in [-0.2, -0.15) is 0 Å². The molecular weight excluding hydrogens is 320 g/mol. The zero-order valence-electron chi connectivity index (χ0n) is 16.3. The Morgan fingerprint density at radius 1 is 0.962 bits per heavy atom. The molecule has 0 atom stereocenters. The van der Waals surface area contributed by atoms with Gasteiger partial charge in [-0.05, 0) is 82.5 Å². The highest BCUT2D eigenvalue weighted by molar-refractivity contribution is 5.78. The van der Waals surface area contributed by atoms with Gasteiger partial charge < -0.3 is 15.5 Å². The lowest BCUT2D eigenvalue weighted by atomic mass is 9.90. The summed E-state index contributed by atoms with van der Waals surface area (Å²) in [5, 5.41) is 0. The Morgan fingerprint density at radius 3 is 2.42 bits per heavy atom. The smallest absolute Gasteiger partial charge is 0.191 e. The van der Waals surface area contributed by atoms with E-state index in [-0.39, 0.29) is 0 Å². The summed E-state index contributed by atoms with van der Waals surface area (Å²) in [5.41, 5.74) is 7.61. The third-order valence-corrected chi connectivity index (χ3v) is 5.91. The highest BCUT2D eigenvalue weighted by atomic mass is 15.2. The van der Waals surface area contributed by atoms with Crippen molar-refractivity contribution in [3.05, 3.63) is 35.9 Å². The zero-order chi connectivity index (χ0) is 18.0. The minimum atomic E-state index is 0.770. The van der Waals surface area contributed by atoms with Crippen LogP contribution in [0.1, 0.15) is 50.5 Å². The lowest BCUT2D eigenvalue weighted by molar-refractivity contribution is 0.181. The maximum absolute atomic E-state index is 6.12. The second kappa shape index (κ2) is 10.6. The molecule has 2 aliphatic rings. The summed E-state index contributed by atoms with van der Waals surface area (Å²) in [5.74, 6) is 1.63. The monoisotopic (exact) mass is 356 g/mol. The number of nitrogens with zero attached hydrogens (tertiary/aromatic N) is 3. The third-order valence-electron chi connectivity index (χ3n) is 5.91. The van der Waals surface area contributed by atoms with Gasteiger partial charge in [-0.3, -0.25) is 4.99 Å². The van der Waals surface area contributed by atoms with Crippen molar-refractivity contribution in [2.24, 2.45) is 16.6 Å². The molecule has 0 saturated carbocycles. The summed E-state index contributed by atoms with van der Waals surface area (Å²) >= 11 is 0. The van der Waals surface area contributed by atoms with Crippen LogP contribution in [0.25, 0.3) is 0 Å². The standard InChI is InChI=1S/C22H36N4/c23-22(26-15-6-2-7-16-26)24-13-5-8-14-25-17-11-21(12-18-25)19-20-9-3-1-4-10-20/h1,3-4,9-10,21H,2,5-8,11-19H2,(H2,23,24). The summed E-state index contributed by atoms with van der Waals surface area (Å²) < 4.78 is 0. The number of rotatable bonds is 7. The molecule has 2 heterocycles. The van der Waals surface area contributed by atoms with Gasteiger partial charge in [0.2, 0.25) is 0 Å². The number of hydrogen-bond acceptors (Lipinski definition) is 2. The zero-order valence-corrected chi connectivity index (χ0v) is 16.3. The Morgan fingerprint density at radius 2 is 1.69 bits per heavy atom. The highest BCUT2D eigenvalue weighted by Crippen LogP contribution is 2.21. The van der Waals surface area contributed by atoms with Crippen LogP contribution < -0.4 is 5.73 Å². The van der Waals surface area contributed by atoms with Gasteiger partial charge in [0.15, 0.2) is 5.96 Å². The van der Waals surface area contributed by atoms with E-state index in [0.717, 1.165) is 37.9 Å². The van der Waals surface area contributed by atoms with Gasteiger partial charge in [-0.25, -0.2) is 0 Å². The van der Waals surface area contributed by atoms with Crippen LogP contribution in [0.15, 0.2) is 35.3 Å². The Balaban J connectivity index is 1.26. The van der Waals surface area contributed by atoms with Crippen molar-refractivity contribution in [1.29, 1.82) is 0 Å². The number of aliphatic imine (C=N–C) groups is 1. The fourth-order valence-electron chi connectivity index (χ4n) is 4.23. The van der Waals surface area contributed by atoms with Crippen LogP contribution in [0.3, 0.4) is 0 Å². The number of benzene rings is 1. The molecule has 0 bridgehead atoms. The van der Waals surface area contributed by atoms with E-state index in [4.69, 9.17) is 5.73 Å². The molecule has 0 amide bonds. The first-order chi connectivity index (χ1) is 12.8. The summed E-state index contributed by atoms with van der Waals surface area (Å²) in [6, 6.07) is 11.0. The van der Waals surface area contributed by atoms with Gasteiger partial charge >= 0.3 is 0 Å². The minimum Gasteiger partial charge on any atom is -0.370 e. The molecule has 4 nitrogen and oxygen atoms in total. The normalized spacial score (nSPS) is 20.5. The van der Waals surface area contributed by atoms with E-state index >= 15 is 0 Å². The molecule has 0 spiro atoms. The molecular formula is C22H36N4. The molecule has 1 aromatic carbocycles. The van der Waals surface area contributed by atoms with E-state index in [9.17, 15) is 0 Å². The van der Waals surface area contributed by atoms with Crippen LogP contribution >= 0.6 is 0 Å². The quantitative estimate of drug-likeness (QED) is 0.462. The van der Waals surface area contributed by atoms with E-state index in [0.29, 0.717) is 0 Å². The number of piperidine rings is 2. The van der Waals surface area contributed by atoms with Crippen molar-refractivity contribution in [2.75, 3.05) is 39.3 Å². The fourth-order valence-corrected chi connectivity index (χ4v) is 4.23. The molecule has 0 radical (unpaired) electrons. The first-order valence-electron chi connectivity index (χ1n) is 10.6. The van der Waals surface area contributed by atoms with Crippen molar-refractivity contribution >= 4 is 5.96 Å². The van der Waals surface area contributed by atoms with Crippen LogP contribution in [0.5, 0.6) is 0 Å². The first kappa shape index (κ1) is 19.2. The molecule has 4 heteroatoms. The van der Waals surface area contributed by atoms with Gasteiger partial charge in [0, 0.05) is 19.6 Å². The Hall–Kier alpha value is -1.55. The number of nitrogens with two attached hydrogens (primary N) is 1. The maximum atomic E-state index is 6.12. The molecule has 1 aromatic rings. The second-order valence-corrected chi connectivity index (χ2v) is 7.97. The van der Waals surface area contributed by atoms with Crippen LogP contribution in [0, 0.1) is 5.92 Å². The van der Waals surface area contributed by atoms with Gasteiger partial charge in [-0.15, -0.1) is 0 Å². The van der Waals surface area contributed by atoms with E-state index in [2.05, 4.69) is 45.1 Å². The number of hydrogen-bond donors (Lipinski definition) is 1. The topological polar surface area (TPSA) is 44.9 Å². The maximum Gasteiger partial charge on any atom is 0.191 e. The predicted octanol–water partition coefficient (Wildman–Crippen LogP) is 3.52. The molecule has 144 valence electrons. The Kier molecular flexibility index (Phi) is 7.81. The summed E-state index contributed by atoms with van der Waals surface area (Å²) in [7, 11) is 0. The van der Waals surface area contributed by atoms with Crippen LogP contribution in [0.2, 0.25) is 0 Å². The molecule has 0 unspecified atom stereocenters. The van der Waals surface area contributed by atoms with E-state index in [1.165, 1.54) is 70.1 Å². The second-order valence-electron chi connectivity index (χ2n) is 7.97. The first-order valence-corrected chi connectivity index (χ1v) is 10.6. The lowest BCUT2D eigenvalue weighted by Gasteiger charge is -2.32. The molecule has 2 fully saturated rings. The number of guanidine groups is 1. The van der Waals surface area contributed by atoms with Gasteiger partial charge in [-0.1, -0.05) is 30.3 Å². The minimum absolute atomic E-state index is 0.770. The van der Waals surface area contributed by atoms with Crippen molar-refractivity contribution in [3.8, 4) is 0 Å². The summed E-state index contributed by atoms with van der Waals surface area (Å²) in [6.07, 6.45) is 10.2. The number of unbranched alkanes of at least 4 members (excludes halogenated alkanes) is 1. The van der Waals surface area contributed by atoms with Crippen molar-refractivity contribution in [3.63, 3.8) is 0 Å². The van der Waals surface area contributed by atoms with E-state index in [1.807, 2.05) is 0 Å². The third kappa shape index (κ3) is 6.31. The molecule has 26 heavy (non-hydrogen) atoms. The van der Waals surface area contributed by atoms with Gasteiger partial charge in [0.05, 0.1) is 0 Å². The lowest BCUT2D eigenvalue weighted by Crippen LogP contribution is -2.41. The molecule has 2 aliphatic heterocycles. The average molecular weight is 357 g/mol. The molecule has 3 rings (SSSR count). The molecule has 0 aliphatic carbocycles. The van der Waals surface area contributed by atoms with Crippen molar-refractivity contribution < 1.29 is 0 Å². The molecule has 2 N–H and O–H groups in total.